The van der Waals surface area contributed by atoms with Crippen LogP contribution in [0.4, 0.5) is 13.2 Å². The van der Waals surface area contributed by atoms with E-state index in [1.807, 2.05) is 0 Å². The molecule has 0 unspecified atom stereocenters. The Morgan fingerprint density at radius 2 is 1.97 bits per heavy atom. The van der Waals surface area contributed by atoms with Gasteiger partial charge >= 0.3 is 6.18 Å². The third kappa shape index (κ3) is 6.00. The summed E-state index contributed by atoms with van der Waals surface area (Å²) in [6.45, 7) is -0.225. The number of piperidine rings is 1. The van der Waals surface area contributed by atoms with Gasteiger partial charge in [0.15, 0.2) is 12.4 Å². The standard InChI is InChI=1S/C20H21F3N2O4/c21-20(22,23)13-29-16-7-5-14(6-8-16)11-24-18(26)15-3-1-9-25(12-15)19(27)17-4-2-10-28-17/h2,4-8,10,15H,1,3,9,11-13H2,(H,24,26)/t15-/m1/s1. The third-order valence-corrected chi connectivity index (χ3v) is 4.60. The summed E-state index contributed by atoms with van der Waals surface area (Å²) in [6.07, 6.45) is -1.56. The second-order valence-corrected chi connectivity index (χ2v) is 6.83. The summed E-state index contributed by atoms with van der Waals surface area (Å²) < 4.78 is 46.3. The summed E-state index contributed by atoms with van der Waals surface area (Å²) in [7, 11) is 0. The number of rotatable bonds is 6. The first-order valence-electron chi connectivity index (χ1n) is 9.21. The Kier molecular flexibility index (Phi) is 6.46. The largest absolute Gasteiger partial charge is 0.484 e. The van der Waals surface area contributed by atoms with Crippen LogP contribution in [0.2, 0.25) is 0 Å². The molecule has 0 saturated carbocycles. The van der Waals surface area contributed by atoms with Crippen LogP contribution in [0.5, 0.6) is 5.75 Å². The fourth-order valence-corrected chi connectivity index (χ4v) is 3.13. The zero-order valence-corrected chi connectivity index (χ0v) is 15.6. The number of likely N-dealkylation sites (tertiary alicyclic amines) is 1. The van der Waals surface area contributed by atoms with Gasteiger partial charge in [0.1, 0.15) is 5.75 Å². The molecule has 1 saturated heterocycles. The zero-order chi connectivity index (χ0) is 20.9. The van der Waals surface area contributed by atoms with Crippen molar-refractivity contribution in [1.29, 1.82) is 0 Å². The Bertz CT molecular complexity index is 819. The fraction of sp³-hybridized carbons (Fsp3) is 0.400. The molecule has 2 amide bonds. The van der Waals surface area contributed by atoms with Crippen LogP contribution < -0.4 is 10.1 Å². The van der Waals surface area contributed by atoms with E-state index in [4.69, 9.17) is 4.42 Å². The van der Waals surface area contributed by atoms with Crippen LogP contribution in [0.15, 0.2) is 47.1 Å². The van der Waals surface area contributed by atoms with Gasteiger partial charge in [0, 0.05) is 19.6 Å². The van der Waals surface area contributed by atoms with Gasteiger partial charge in [-0.1, -0.05) is 12.1 Å². The Morgan fingerprint density at radius 3 is 2.62 bits per heavy atom. The van der Waals surface area contributed by atoms with E-state index in [0.717, 1.165) is 12.0 Å². The van der Waals surface area contributed by atoms with Crippen molar-refractivity contribution < 1.29 is 31.9 Å². The Hall–Kier alpha value is -2.97. The molecule has 156 valence electrons. The van der Waals surface area contributed by atoms with E-state index in [0.29, 0.717) is 19.5 Å². The summed E-state index contributed by atoms with van der Waals surface area (Å²) in [4.78, 5) is 26.5. The van der Waals surface area contributed by atoms with Crippen LogP contribution in [0.3, 0.4) is 0 Å². The normalized spacial score (nSPS) is 17.1. The highest BCUT2D eigenvalue weighted by Gasteiger charge is 2.30. The van der Waals surface area contributed by atoms with E-state index in [1.54, 1.807) is 29.2 Å². The van der Waals surface area contributed by atoms with Gasteiger partial charge in [-0.2, -0.15) is 13.2 Å². The van der Waals surface area contributed by atoms with Crippen LogP contribution in [0, 0.1) is 5.92 Å². The van der Waals surface area contributed by atoms with Crippen LogP contribution in [0.1, 0.15) is 29.0 Å². The van der Waals surface area contributed by atoms with Gasteiger partial charge in [-0.05, 0) is 42.7 Å². The lowest BCUT2D eigenvalue weighted by atomic mass is 9.96. The Balaban J connectivity index is 1.48. The van der Waals surface area contributed by atoms with Crippen molar-refractivity contribution in [3.8, 4) is 5.75 Å². The SMILES string of the molecule is O=C(NCc1ccc(OCC(F)(F)F)cc1)[C@@H]1CCCN(C(=O)c2ccco2)C1. The smallest absolute Gasteiger partial charge is 0.422 e. The number of nitrogens with one attached hydrogen (secondary N) is 1. The monoisotopic (exact) mass is 410 g/mol. The maximum atomic E-state index is 12.5. The number of carbonyl (C=O) groups excluding carboxylic acids is 2. The average molecular weight is 410 g/mol. The predicted octanol–water partition coefficient (Wildman–Crippen LogP) is 3.39. The number of benzene rings is 1. The first kappa shape index (κ1) is 20.8. The topological polar surface area (TPSA) is 71.8 Å². The summed E-state index contributed by atoms with van der Waals surface area (Å²) >= 11 is 0. The molecule has 2 heterocycles. The molecule has 1 fully saturated rings. The summed E-state index contributed by atoms with van der Waals surface area (Å²) in [5.74, 6) is -0.367. The van der Waals surface area contributed by atoms with E-state index in [1.165, 1.54) is 18.4 Å². The molecule has 9 heteroatoms. The van der Waals surface area contributed by atoms with E-state index in [2.05, 4.69) is 10.1 Å². The number of carbonyl (C=O) groups is 2. The molecule has 1 aliphatic rings. The van der Waals surface area contributed by atoms with Gasteiger partial charge in [-0.15, -0.1) is 0 Å². The number of amides is 2. The lowest BCUT2D eigenvalue weighted by Gasteiger charge is -2.31. The molecule has 3 rings (SSSR count). The van der Waals surface area contributed by atoms with Crippen LogP contribution in [0.25, 0.3) is 0 Å². The van der Waals surface area contributed by atoms with Gasteiger partial charge in [0.05, 0.1) is 12.2 Å². The van der Waals surface area contributed by atoms with Gasteiger partial charge in [0.25, 0.3) is 5.91 Å². The predicted molar refractivity (Wildman–Crippen MR) is 97.2 cm³/mol. The van der Waals surface area contributed by atoms with Crippen molar-refractivity contribution in [2.75, 3.05) is 19.7 Å². The average Bonchev–Trinajstić information content (AvgIpc) is 3.25. The van der Waals surface area contributed by atoms with E-state index >= 15 is 0 Å². The number of halogens is 3. The first-order chi connectivity index (χ1) is 13.8. The summed E-state index contributed by atoms with van der Waals surface area (Å²) in [5.41, 5.74) is 0.733. The maximum Gasteiger partial charge on any atom is 0.422 e. The first-order valence-corrected chi connectivity index (χ1v) is 9.21. The van der Waals surface area contributed by atoms with Gasteiger partial charge < -0.3 is 19.4 Å². The van der Waals surface area contributed by atoms with Crippen molar-refractivity contribution in [3.63, 3.8) is 0 Å². The number of alkyl halides is 3. The third-order valence-electron chi connectivity index (χ3n) is 4.60. The molecule has 1 aromatic carbocycles. The lowest BCUT2D eigenvalue weighted by molar-refractivity contribution is -0.153. The van der Waals surface area contributed by atoms with Gasteiger partial charge in [0.2, 0.25) is 5.91 Å². The van der Waals surface area contributed by atoms with Crippen LogP contribution >= 0.6 is 0 Å². The van der Waals surface area contributed by atoms with Gasteiger partial charge in [-0.25, -0.2) is 0 Å². The van der Waals surface area contributed by atoms with Crippen LogP contribution in [-0.4, -0.2) is 42.6 Å². The molecule has 1 aromatic heterocycles. The van der Waals surface area contributed by atoms with Crippen molar-refractivity contribution in [2.24, 2.45) is 5.92 Å². The summed E-state index contributed by atoms with van der Waals surface area (Å²) in [6, 6.07) is 9.28. The minimum absolute atomic E-state index is 0.108. The van der Waals surface area contributed by atoms with Gasteiger partial charge in [-0.3, -0.25) is 9.59 Å². The van der Waals surface area contributed by atoms with Crippen molar-refractivity contribution in [3.05, 3.63) is 54.0 Å². The molecule has 0 spiro atoms. The fourth-order valence-electron chi connectivity index (χ4n) is 3.13. The van der Waals surface area contributed by atoms with Crippen molar-refractivity contribution in [1.82, 2.24) is 10.2 Å². The number of furan rings is 1. The summed E-state index contributed by atoms with van der Waals surface area (Å²) in [5, 5.41) is 2.82. The molecule has 0 bridgehead atoms. The number of nitrogens with zero attached hydrogens (tertiary/aromatic N) is 1. The molecular weight excluding hydrogens is 389 g/mol. The highest BCUT2D eigenvalue weighted by Crippen LogP contribution is 2.21. The highest BCUT2D eigenvalue weighted by molar-refractivity contribution is 5.92. The molecule has 1 N–H and O–H groups in total. The number of ether oxygens (including phenoxy) is 1. The maximum absolute atomic E-state index is 12.5. The van der Waals surface area contributed by atoms with Crippen molar-refractivity contribution >= 4 is 11.8 Å². The van der Waals surface area contributed by atoms with Crippen molar-refractivity contribution in [2.45, 2.75) is 25.6 Å². The molecule has 1 atom stereocenters. The highest BCUT2D eigenvalue weighted by atomic mass is 19.4. The molecule has 0 radical (unpaired) electrons. The minimum Gasteiger partial charge on any atom is -0.484 e. The molecule has 29 heavy (non-hydrogen) atoms. The molecule has 0 aliphatic carbocycles. The molecule has 6 nitrogen and oxygen atoms in total. The second-order valence-electron chi connectivity index (χ2n) is 6.83. The lowest BCUT2D eigenvalue weighted by Crippen LogP contribution is -2.45. The second kappa shape index (κ2) is 9.02. The minimum atomic E-state index is -4.39. The quantitative estimate of drug-likeness (QED) is 0.793. The molecule has 2 aromatic rings. The number of hydrogen-bond acceptors (Lipinski definition) is 4. The Labute approximate surface area is 165 Å². The molecule has 1 aliphatic heterocycles. The van der Waals surface area contributed by atoms with Crippen LogP contribution in [-0.2, 0) is 11.3 Å². The van der Waals surface area contributed by atoms with E-state index in [-0.39, 0.29) is 35.8 Å². The molecular formula is C20H21F3N2O4. The van der Waals surface area contributed by atoms with E-state index < -0.39 is 12.8 Å². The Morgan fingerprint density at radius 1 is 1.21 bits per heavy atom. The zero-order valence-electron chi connectivity index (χ0n) is 15.6. The van der Waals surface area contributed by atoms with E-state index in [9.17, 15) is 22.8 Å². The number of hydrogen-bond donors (Lipinski definition) is 1.